The summed E-state index contributed by atoms with van der Waals surface area (Å²) in [5, 5.41) is 18.5. The summed E-state index contributed by atoms with van der Waals surface area (Å²) < 4.78 is 0. The molecule has 1 aromatic carbocycles. The molecule has 1 rings (SSSR count). The van der Waals surface area contributed by atoms with E-state index in [0.29, 0.717) is 0 Å². The normalized spacial score (nSPS) is 15.0. The summed E-state index contributed by atoms with van der Waals surface area (Å²) in [6, 6.07) is 6.31. The lowest BCUT2D eigenvalue weighted by Crippen LogP contribution is -2.32. The zero-order chi connectivity index (χ0) is 10.1. The lowest BCUT2D eigenvalue weighted by Gasteiger charge is -2.19. The van der Waals surface area contributed by atoms with Crippen LogP contribution in [-0.4, -0.2) is 16.2 Å². The SMILES string of the molecule is CC(O)(C(=O)O)c1ccccc1Cl. The third kappa shape index (κ3) is 1.82. The minimum atomic E-state index is -1.93. The van der Waals surface area contributed by atoms with Gasteiger partial charge in [-0.15, -0.1) is 0 Å². The van der Waals surface area contributed by atoms with Crippen LogP contribution in [0.4, 0.5) is 0 Å². The highest BCUT2D eigenvalue weighted by Crippen LogP contribution is 2.27. The van der Waals surface area contributed by atoms with Crippen LogP contribution in [0, 0.1) is 0 Å². The fourth-order valence-corrected chi connectivity index (χ4v) is 1.29. The largest absolute Gasteiger partial charge is 0.479 e. The summed E-state index contributed by atoms with van der Waals surface area (Å²) in [5.74, 6) is -1.32. The molecule has 0 aliphatic rings. The van der Waals surface area contributed by atoms with Crippen molar-refractivity contribution in [3.63, 3.8) is 0 Å². The van der Waals surface area contributed by atoms with Crippen LogP contribution in [-0.2, 0) is 10.4 Å². The van der Waals surface area contributed by atoms with Gasteiger partial charge in [0.1, 0.15) is 0 Å². The Bertz CT molecular complexity index is 333. The van der Waals surface area contributed by atoms with Crippen molar-refractivity contribution in [3.8, 4) is 0 Å². The lowest BCUT2D eigenvalue weighted by atomic mass is 9.96. The van der Waals surface area contributed by atoms with Crippen molar-refractivity contribution in [3.05, 3.63) is 34.9 Å². The lowest BCUT2D eigenvalue weighted by molar-refractivity contribution is -0.157. The Labute approximate surface area is 80.6 Å². The molecule has 1 unspecified atom stereocenters. The summed E-state index contributed by atoms with van der Waals surface area (Å²) in [5.41, 5.74) is -1.73. The third-order valence-corrected chi connectivity index (χ3v) is 2.14. The van der Waals surface area contributed by atoms with Crippen molar-refractivity contribution >= 4 is 17.6 Å². The first-order valence-electron chi connectivity index (χ1n) is 3.67. The Morgan fingerprint density at radius 3 is 2.46 bits per heavy atom. The summed E-state index contributed by atoms with van der Waals surface area (Å²) in [6.07, 6.45) is 0. The first-order chi connectivity index (χ1) is 5.96. The number of aliphatic carboxylic acids is 1. The summed E-state index contributed by atoms with van der Waals surface area (Å²) in [6.45, 7) is 1.19. The average molecular weight is 201 g/mol. The predicted molar refractivity (Wildman–Crippen MR) is 48.7 cm³/mol. The van der Waals surface area contributed by atoms with E-state index in [1.165, 1.54) is 19.1 Å². The third-order valence-electron chi connectivity index (χ3n) is 1.81. The van der Waals surface area contributed by atoms with Crippen molar-refractivity contribution in [2.24, 2.45) is 0 Å². The van der Waals surface area contributed by atoms with Gasteiger partial charge in [-0.1, -0.05) is 29.8 Å². The Balaban J connectivity index is 3.22. The van der Waals surface area contributed by atoms with Crippen LogP contribution < -0.4 is 0 Å². The molecular weight excluding hydrogens is 192 g/mol. The zero-order valence-corrected chi connectivity index (χ0v) is 7.75. The monoisotopic (exact) mass is 200 g/mol. The van der Waals surface area contributed by atoms with Crippen LogP contribution in [0.3, 0.4) is 0 Å². The van der Waals surface area contributed by atoms with E-state index >= 15 is 0 Å². The first kappa shape index (κ1) is 10.0. The highest BCUT2D eigenvalue weighted by molar-refractivity contribution is 6.31. The van der Waals surface area contributed by atoms with Crippen molar-refractivity contribution in [2.75, 3.05) is 0 Å². The Morgan fingerprint density at radius 1 is 1.46 bits per heavy atom. The topological polar surface area (TPSA) is 57.5 Å². The summed E-state index contributed by atoms with van der Waals surface area (Å²) >= 11 is 5.73. The van der Waals surface area contributed by atoms with Gasteiger partial charge in [0.05, 0.1) is 0 Å². The van der Waals surface area contributed by atoms with Crippen LogP contribution in [0.1, 0.15) is 12.5 Å². The molecule has 0 spiro atoms. The molecule has 0 saturated heterocycles. The Kier molecular flexibility index (Phi) is 2.59. The van der Waals surface area contributed by atoms with Gasteiger partial charge in [0.25, 0.3) is 0 Å². The molecule has 13 heavy (non-hydrogen) atoms. The molecule has 0 radical (unpaired) electrons. The molecule has 0 amide bonds. The van der Waals surface area contributed by atoms with Gasteiger partial charge in [-0.05, 0) is 13.0 Å². The number of rotatable bonds is 2. The Morgan fingerprint density at radius 2 is 2.00 bits per heavy atom. The van der Waals surface area contributed by atoms with E-state index in [4.69, 9.17) is 16.7 Å². The van der Waals surface area contributed by atoms with Crippen LogP contribution in [0.2, 0.25) is 5.02 Å². The van der Waals surface area contributed by atoms with Crippen LogP contribution in [0.15, 0.2) is 24.3 Å². The average Bonchev–Trinajstić information content (AvgIpc) is 2.04. The summed E-state index contributed by atoms with van der Waals surface area (Å²) in [7, 11) is 0. The zero-order valence-electron chi connectivity index (χ0n) is 6.99. The fourth-order valence-electron chi connectivity index (χ4n) is 0.971. The first-order valence-corrected chi connectivity index (χ1v) is 4.05. The second-order valence-electron chi connectivity index (χ2n) is 2.86. The molecule has 0 heterocycles. The standard InChI is InChI=1S/C9H9ClO3/c1-9(13,8(11)12)6-4-2-3-5-7(6)10/h2-5,13H,1H3,(H,11,12). The maximum atomic E-state index is 10.7. The van der Waals surface area contributed by atoms with Gasteiger partial charge in [-0.25, -0.2) is 4.79 Å². The summed E-state index contributed by atoms with van der Waals surface area (Å²) in [4.78, 5) is 10.7. The number of hydrogen-bond acceptors (Lipinski definition) is 2. The van der Waals surface area contributed by atoms with Crippen molar-refractivity contribution in [2.45, 2.75) is 12.5 Å². The van der Waals surface area contributed by atoms with E-state index < -0.39 is 11.6 Å². The smallest absolute Gasteiger partial charge is 0.340 e. The number of carboxylic acid groups (broad SMARTS) is 1. The molecular formula is C9H9ClO3. The van der Waals surface area contributed by atoms with Gasteiger partial charge in [-0.3, -0.25) is 0 Å². The Hall–Kier alpha value is -1.06. The van der Waals surface area contributed by atoms with Crippen molar-refractivity contribution in [1.82, 2.24) is 0 Å². The van der Waals surface area contributed by atoms with Crippen LogP contribution in [0.25, 0.3) is 0 Å². The highest BCUT2D eigenvalue weighted by atomic mass is 35.5. The molecule has 0 aliphatic carbocycles. The van der Waals surface area contributed by atoms with Gasteiger partial charge in [0, 0.05) is 10.6 Å². The molecule has 1 atom stereocenters. The second-order valence-corrected chi connectivity index (χ2v) is 3.26. The molecule has 70 valence electrons. The van der Waals surface area contributed by atoms with E-state index in [0.717, 1.165) is 0 Å². The minimum Gasteiger partial charge on any atom is -0.479 e. The number of carbonyl (C=O) groups is 1. The number of hydrogen-bond donors (Lipinski definition) is 2. The van der Waals surface area contributed by atoms with E-state index in [2.05, 4.69) is 0 Å². The molecule has 0 aliphatic heterocycles. The predicted octanol–water partition coefficient (Wildman–Crippen LogP) is 1.63. The molecule has 3 nitrogen and oxygen atoms in total. The van der Waals surface area contributed by atoms with E-state index in [9.17, 15) is 9.90 Å². The molecule has 0 saturated carbocycles. The number of halogens is 1. The maximum Gasteiger partial charge on any atom is 0.340 e. The van der Waals surface area contributed by atoms with Gasteiger partial charge < -0.3 is 10.2 Å². The molecule has 2 N–H and O–H groups in total. The number of aliphatic hydroxyl groups is 1. The van der Waals surface area contributed by atoms with Crippen LogP contribution >= 0.6 is 11.6 Å². The fraction of sp³-hybridized carbons (Fsp3) is 0.222. The van der Waals surface area contributed by atoms with Gasteiger partial charge >= 0.3 is 5.97 Å². The maximum absolute atomic E-state index is 10.7. The molecule has 0 fully saturated rings. The van der Waals surface area contributed by atoms with E-state index in [1.54, 1.807) is 12.1 Å². The highest BCUT2D eigenvalue weighted by Gasteiger charge is 2.33. The van der Waals surface area contributed by atoms with Crippen LogP contribution in [0.5, 0.6) is 0 Å². The molecule has 0 aromatic heterocycles. The van der Waals surface area contributed by atoms with Crippen molar-refractivity contribution < 1.29 is 15.0 Å². The van der Waals surface area contributed by atoms with Gasteiger partial charge in [0.2, 0.25) is 0 Å². The van der Waals surface area contributed by atoms with E-state index in [-0.39, 0.29) is 10.6 Å². The molecule has 0 bridgehead atoms. The van der Waals surface area contributed by atoms with E-state index in [1.807, 2.05) is 0 Å². The quantitative estimate of drug-likeness (QED) is 0.763. The number of carboxylic acids is 1. The van der Waals surface area contributed by atoms with Gasteiger partial charge in [0.15, 0.2) is 5.60 Å². The number of benzene rings is 1. The van der Waals surface area contributed by atoms with Crippen molar-refractivity contribution in [1.29, 1.82) is 0 Å². The molecule has 4 heteroatoms. The van der Waals surface area contributed by atoms with Gasteiger partial charge in [-0.2, -0.15) is 0 Å². The minimum absolute atomic E-state index is 0.198. The second kappa shape index (κ2) is 3.36. The molecule has 1 aromatic rings.